The monoisotopic (exact) mass is 777 g/mol. The lowest BCUT2D eigenvalue weighted by molar-refractivity contribution is 0.175. The van der Waals surface area contributed by atoms with Gasteiger partial charge in [-0.05, 0) is 68.2 Å². The number of hydrogen-bond donors (Lipinski definition) is 3. The number of nitrogens with one attached hydrogen (secondary N) is 1. The minimum atomic E-state index is -3.77. The highest BCUT2D eigenvalue weighted by atomic mass is 32.2. The molecule has 1 saturated heterocycles. The van der Waals surface area contributed by atoms with E-state index in [1.54, 1.807) is 12.1 Å². The first-order chi connectivity index (χ1) is 24.8. The average Bonchev–Trinajstić information content (AvgIpc) is 3.68. The van der Waals surface area contributed by atoms with Gasteiger partial charge in [0.1, 0.15) is 5.75 Å². The van der Waals surface area contributed by atoms with E-state index in [4.69, 9.17) is 23.6 Å². The smallest absolute Gasteiger partial charge is 0.404 e. The number of methoxy groups -OCH3 is 1. The highest BCUT2D eigenvalue weighted by Crippen LogP contribution is 2.46. The summed E-state index contributed by atoms with van der Waals surface area (Å²) in [4.78, 5) is 13.8. The number of aliphatic hydroxyl groups excluding tert-OH is 1. The summed E-state index contributed by atoms with van der Waals surface area (Å²) in [6, 6.07) is 5.82. The van der Waals surface area contributed by atoms with Crippen LogP contribution in [-0.4, -0.2) is 120 Å². The molecule has 2 heterocycles. The van der Waals surface area contributed by atoms with Crippen LogP contribution in [-0.2, 0) is 28.4 Å². The zero-order valence-electron chi connectivity index (χ0n) is 33.1. The molecule has 0 radical (unpaired) electrons. The first kappa shape index (κ1) is 51.6. The van der Waals surface area contributed by atoms with E-state index in [2.05, 4.69) is 29.1 Å². The van der Waals surface area contributed by atoms with E-state index in [-0.39, 0.29) is 17.4 Å². The van der Waals surface area contributed by atoms with Crippen molar-refractivity contribution in [1.82, 2.24) is 14.5 Å². The van der Waals surface area contributed by atoms with E-state index in [9.17, 15) is 22.9 Å². The van der Waals surface area contributed by atoms with Crippen LogP contribution in [0.15, 0.2) is 40.8 Å². The maximum atomic E-state index is 13.4. The summed E-state index contributed by atoms with van der Waals surface area (Å²) in [7, 11) is -2.57. The topological polar surface area (TPSA) is 164 Å². The van der Waals surface area contributed by atoms with Crippen molar-refractivity contribution in [3.05, 3.63) is 35.9 Å². The van der Waals surface area contributed by atoms with Gasteiger partial charge in [-0.15, -0.1) is 12.8 Å². The van der Waals surface area contributed by atoms with Crippen molar-refractivity contribution in [1.29, 1.82) is 0 Å². The summed E-state index contributed by atoms with van der Waals surface area (Å²) in [6.07, 6.45) is 12.8. The molecule has 0 saturated carbocycles. The average molecular weight is 778 g/mol. The Labute approximate surface area is 315 Å². The number of hydrogen-bond acceptors (Lipinski definition) is 10. The van der Waals surface area contributed by atoms with E-state index in [0.29, 0.717) is 56.9 Å². The summed E-state index contributed by atoms with van der Waals surface area (Å²) in [6.45, 7) is 16.4. The largest absolute Gasteiger partial charge is 0.497 e. The molecule has 0 aromatic heterocycles. The third-order valence-corrected chi connectivity index (χ3v) is 11.8. The number of rotatable bonds is 18. The van der Waals surface area contributed by atoms with Gasteiger partial charge in [-0.25, -0.2) is 13.2 Å². The number of ether oxygens (including phenoxy) is 2. The molecule has 1 amide bonds. The van der Waals surface area contributed by atoms with E-state index in [0.717, 1.165) is 44.6 Å². The molecule has 2 atom stereocenters. The molecule has 0 unspecified atom stereocenters. The zero-order chi connectivity index (χ0) is 40.2. The fourth-order valence-electron chi connectivity index (χ4n) is 5.29. The van der Waals surface area contributed by atoms with Gasteiger partial charge in [-0.3, -0.25) is 9.46 Å². The third kappa shape index (κ3) is 20.7. The Kier molecular flexibility index (Phi) is 29.7. The summed E-state index contributed by atoms with van der Waals surface area (Å²) in [5.41, 5.74) is 1.11. The van der Waals surface area contributed by atoms with Crippen LogP contribution in [0.2, 0.25) is 0 Å². The lowest BCUT2D eigenvalue weighted by atomic mass is 9.98. The molecular formula is C37H68N3O10PS. The molecule has 2 aliphatic heterocycles. The Morgan fingerprint density at radius 1 is 1.12 bits per heavy atom. The van der Waals surface area contributed by atoms with Crippen molar-refractivity contribution in [3.8, 4) is 18.6 Å². The molecule has 0 spiro atoms. The Morgan fingerprint density at radius 2 is 1.73 bits per heavy atom. The number of carbonyl (C=O) groups is 1. The molecule has 52 heavy (non-hydrogen) atoms. The Hall–Kier alpha value is -2.47. The standard InChI is InChI=1S/C25H42N3O8PS.C6H12O2.2C2H6.C2H2/c1-20(2)19-28(38(32,33)24-8-6-23(34-3)7-9-24)15-12-22(26-25(29)30)18-21-10-13-27(14-11-21)16-17-37(31,35-4)36-5;7-3-1-6-2-4-8-5-6;3*1-2/h6-10,20,22,26H,11-19H2,1-5H3,(H,29,30);6-7H,1-5H2;2*1-2H3;1-2H/t22-;6-;;;/m10.../s1. The molecule has 0 bridgehead atoms. The maximum absolute atomic E-state index is 13.4. The van der Waals surface area contributed by atoms with Crippen molar-refractivity contribution >= 4 is 23.7 Å². The Morgan fingerprint density at radius 3 is 2.17 bits per heavy atom. The lowest BCUT2D eigenvalue weighted by Crippen LogP contribution is -2.41. The molecule has 1 fully saturated rings. The second-order valence-corrected chi connectivity index (χ2v) is 16.3. The summed E-state index contributed by atoms with van der Waals surface area (Å²) in [5, 5.41) is 20.5. The molecule has 1 aromatic carbocycles. The number of aliphatic hydroxyl groups is 1. The van der Waals surface area contributed by atoms with Crippen molar-refractivity contribution < 1.29 is 46.5 Å². The van der Waals surface area contributed by atoms with Crippen LogP contribution in [0.5, 0.6) is 5.75 Å². The normalized spacial score (nSPS) is 16.3. The highest BCUT2D eigenvalue weighted by molar-refractivity contribution is 7.89. The number of terminal acetylenes is 1. The van der Waals surface area contributed by atoms with Crippen molar-refractivity contribution in [2.45, 2.75) is 84.6 Å². The highest BCUT2D eigenvalue weighted by Gasteiger charge is 2.28. The number of amides is 1. The molecule has 0 aliphatic carbocycles. The number of carboxylic acid groups (broad SMARTS) is 1. The number of benzene rings is 1. The van der Waals surface area contributed by atoms with Crippen LogP contribution in [0, 0.1) is 24.7 Å². The zero-order valence-corrected chi connectivity index (χ0v) is 34.8. The molecule has 1 aromatic rings. The predicted molar refractivity (Wildman–Crippen MR) is 210 cm³/mol. The minimum absolute atomic E-state index is 0.0902. The maximum Gasteiger partial charge on any atom is 0.404 e. The molecule has 3 rings (SSSR count). The fourth-order valence-corrected chi connectivity index (χ4v) is 7.95. The van der Waals surface area contributed by atoms with Crippen LogP contribution < -0.4 is 10.1 Å². The molecule has 302 valence electrons. The van der Waals surface area contributed by atoms with E-state index >= 15 is 0 Å². The van der Waals surface area contributed by atoms with E-state index in [1.807, 2.05) is 41.5 Å². The molecule has 3 N–H and O–H groups in total. The first-order valence-electron chi connectivity index (χ1n) is 18.1. The van der Waals surface area contributed by atoms with Gasteiger partial charge in [0.2, 0.25) is 10.0 Å². The molecular weight excluding hydrogens is 709 g/mol. The van der Waals surface area contributed by atoms with Crippen LogP contribution >= 0.6 is 7.60 Å². The first-order valence-corrected chi connectivity index (χ1v) is 21.3. The number of sulfonamides is 1. The van der Waals surface area contributed by atoms with Gasteiger partial charge >= 0.3 is 13.7 Å². The predicted octanol–water partition coefficient (Wildman–Crippen LogP) is 6.58. The van der Waals surface area contributed by atoms with Gasteiger partial charge in [-0.1, -0.05) is 53.2 Å². The molecule has 15 heteroatoms. The van der Waals surface area contributed by atoms with Crippen LogP contribution in [0.4, 0.5) is 4.79 Å². The number of nitrogens with zero attached hydrogens (tertiary/aromatic N) is 2. The summed E-state index contributed by atoms with van der Waals surface area (Å²) < 4.78 is 60.7. The van der Waals surface area contributed by atoms with Crippen LogP contribution in [0.3, 0.4) is 0 Å². The molecule has 2 aliphatic rings. The van der Waals surface area contributed by atoms with Gasteiger partial charge in [0.15, 0.2) is 0 Å². The molecule has 13 nitrogen and oxygen atoms in total. The lowest BCUT2D eigenvalue weighted by Gasteiger charge is -2.30. The Balaban J connectivity index is 0. The third-order valence-electron chi connectivity index (χ3n) is 8.02. The second-order valence-electron chi connectivity index (χ2n) is 11.9. The van der Waals surface area contributed by atoms with Crippen molar-refractivity contribution in [2.75, 3.05) is 80.0 Å². The van der Waals surface area contributed by atoms with Gasteiger partial charge in [0.25, 0.3) is 0 Å². The van der Waals surface area contributed by atoms with E-state index in [1.165, 1.54) is 37.8 Å². The van der Waals surface area contributed by atoms with Gasteiger partial charge in [0.05, 0.1) is 18.2 Å². The van der Waals surface area contributed by atoms with E-state index < -0.39 is 29.8 Å². The van der Waals surface area contributed by atoms with Gasteiger partial charge < -0.3 is 34.1 Å². The summed E-state index contributed by atoms with van der Waals surface area (Å²) in [5.74, 6) is 1.29. The SMILES string of the molecule is C#C.CC.CC.COc1ccc(S(=O)(=O)N(CC[C@H](CC2=CCN(CCP(=O)(OC)OC)CC2)NC(=O)O)CC(C)C)cc1.OCC[C@H]1CCOC1. The quantitative estimate of drug-likeness (QED) is 0.0838. The Bertz CT molecular complexity index is 1260. The second kappa shape index (κ2) is 29.9. The summed E-state index contributed by atoms with van der Waals surface area (Å²) >= 11 is 0. The van der Waals surface area contributed by atoms with Gasteiger partial charge in [-0.2, -0.15) is 4.31 Å². The fraction of sp³-hybridized carbons (Fsp3) is 0.703. The van der Waals surface area contributed by atoms with Crippen LogP contribution in [0.25, 0.3) is 0 Å². The minimum Gasteiger partial charge on any atom is -0.497 e. The van der Waals surface area contributed by atoms with Gasteiger partial charge in [0, 0.05) is 72.8 Å². The van der Waals surface area contributed by atoms with Crippen LogP contribution in [0.1, 0.15) is 73.6 Å². The van der Waals surface area contributed by atoms with Crippen molar-refractivity contribution in [3.63, 3.8) is 0 Å². The van der Waals surface area contributed by atoms with Crippen molar-refractivity contribution in [2.24, 2.45) is 11.8 Å².